The van der Waals surface area contributed by atoms with Gasteiger partial charge in [0.05, 0.1) is 12.7 Å². The minimum absolute atomic E-state index is 0.0547. The summed E-state index contributed by atoms with van der Waals surface area (Å²) in [7, 11) is 1.46. The average molecular weight is 290 g/mol. The van der Waals surface area contributed by atoms with E-state index < -0.39 is 11.7 Å². The maximum Gasteiger partial charge on any atom is 0.251 e. The van der Waals surface area contributed by atoms with Crippen LogP contribution in [-0.4, -0.2) is 18.1 Å². The second-order valence-corrected chi connectivity index (χ2v) is 4.42. The van der Waals surface area contributed by atoms with Gasteiger partial charge in [-0.15, -0.1) is 0 Å². The van der Waals surface area contributed by atoms with E-state index in [1.165, 1.54) is 31.4 Å². The van der Waals surface area contributed by atoms with Crippen molar-refractivity contribution in [1.82, 2.24) is 0 Å². The molecule has 0 aliphatic heterocycles. The standard InChI is InChI=1S/C15H15FN2O3/c1-21-14-6-9(2-5-13(14)19)8-18-10-3-4-12(16)11(7-10)15(17)20/h2-7,18-19H,8H2,1H3,(H2,17,20). The van der Waals surface area contributed by atoms with Gasteiger partial charge in [0.15, 0.2) is 11.5 Å². The highest BCUT2D eigenvalue weighted by molar-refractivity contribution is 5.94. The number of amides is 1. The molecular weight excluding hydrogens is 275 g/mol. The van der Waals surface area contributed by atoms with Gasteiger partial charge in [-0.05, 0) is 35.9 Å². The molecule has 0 saturated heterocycles. The lowest BCUT2D eigenvalue weighted by Crippen LogP contribution is -2.13. The van der Waals surface area contributed by atoms with E-state index in [1.54, 1.807) is 12.1 Å². The van der Waals surface area contributed by atoms with Crippen molar-refractivity contribution in [3.63, 3.8) is 0 Å². The number of aromatic hydroxyl groups is 1. The summed E-state index contributed by atoms with van der Waals surface area (Å²) in [5.74, 6) is -1.05. The van der Waals surface area contributed by atoms with Crippen molar-refractivity contribution in [1.29, 1.82) is 0 Å². The summed E-state index contributed by atoms with van der Waals surface area (Å²) in [5.41, 5.74) is 6.35. The zero-order valence-corrected chi connectivity index (χ0v) is 11.4. The third-order valence-electron chi connectivity index (χ3n) is 2.97. The number of rotatable bonds is 5. The van der Waals surface area contributed by atoms with Gasteiger partial charge < -0.3 is 20.9 Å². The van der Waals surface area contributed by atoms with E-state index in [0.29, 0.717) is 18.0 Å². The van der Waals surface area contributed by atoms with Crippen LogP contribution in [0.5, 0.6) is 11.5 Å². The van der Waals surface area contributed by atoms with Crippen LogP contribution in [0.15, 0.2) is 36.4 Å². The average Bonchev–Trinajstić information content (AvgIpc) is 2.47. The number of carbonyl (C=O) groups is 1. The highest BCUT2D eigenvalue weighted by atomic mass is 19.1. The Hall–Kier alpha value is -2.76. The van der Waals surface area contributed by atoms with Crippen molar-refractivity contribution in [2.24, 2.45) is 5.73 Å². The SMILES string of the molecule is COc1cc(CNc2ccc(F)c(C(N)=O)c2)ccc1O. The smallest absolute Gasteiger partial charge is 0.251 e. The molecule has 0 aromatic heterocycles. The maximum absolute atomic E-state index is 13.4. The van der Waals surface area contributed by atoms with Crippen LogP contribution in [0.1, 0.15) is 15.9 Å². The van der Waals surface area contributed by atoms with Gasteiger partial charge in [-0.25, -0.2) is 4.39 Å². The van der Waals surface area contributed by atoms with Gasteiger partial charge in [-0.3, -0.25) is 4.79 Å². The molecule has 5 nitrogen and oxygen atoms in total. The topological polar surface area (TPSA) is 84.6 Å². The molecule has 0 aliphatic rings. The number of hydrogen-bond donors (Lipinski definition) is 3. The van der Waals surface area contributed by atoms with Gasteiger partial charge in [0.2, 0.25) is 0 Å². The van der Waals surface area contributed by atoms with E-state index in [4.69, 9.17) is 10.5 Å². The van der Waals surface area contributed by atoms with Gasteiger partial charge in [-0.2, -0.15) is 0 Å². The van der Waals surface area contributed by atoms with Gasteiger partial charge in [-0.1, -0.05) is 6.07 Å². The number of phenolic OH excluding ortho intramolecular Hbond substituents is 1. The van der Waals surface area contributed by atoms with Crippen LogP contribution >= 0.6 is 0 Å². The highest BCUT2D eigenvalue weighted by Gasteiger charge is 2.09. The Kier molecular flexibility index (Phi) is 4.27. The van der Waals surface area contributed by atoms with Crippen molar-refractivity contribution in [3.8, 4) is 11.5 Å². The zero-order chi connectivity index (χ0) is 15.4. The minimum atomic E-state index is -0.817. The largest absolute Gasteiger partial charge is 0.504 e. The Morgan fingerprint density at radius 1 is 1.33 bits per heavy atom. The molecule has 0 bridgehead atoms. The number of primary amides is 1. The van der Waals surface area contributed by atoms with E-state index in [1.807, 2.05) is 0 Å². The quantitative estimate of drug-likeness (QED) is 0.788. The van der Waals surface area contributed by atoms with Crippen molar-refractivity contribution in [2.75, 3.05) is 12.4 Å². The number of anilines is 1. The summed E-state index contributed by atoms with van der Waals surface area (Å²) in [6.07, 6.45) is 0. The van der Waals surface area contributed by atoms with Crippen LogP contribution < -0.4 is 15.8 Å². The zero-order valence-electron chi connectivity index (χ0n) is 11.4. The molecule has 0 fully saturated rings. The predicted octanol–water partition coefficient (Wildman–Crippen LogP) is 2.25. The third kappa shape index (κ3) is 3.42. The first-order valence-corrected chi connectivity index (χ1v) is 6.20. The number of nitrogens with two attached hydrogens (primary N) is 1. The number of benzene rings is 2. The first kappa shape index (κ1) is 14.6. The van der Waals surface area contributed by atoms with Crippen molar-refractivity contribution in [3.05, 3.63) is 53.3 Å². The van der Waals surface area contributed by atoms with E-state index in [9.17, 15) is 14.3 Å². The van der Waals surface area contributed by atoms with Crippen LogP contribution in [0, 0.1) is 5.82 Å². The van der Waals surface area contributed by atoms with E-state index in [2.05, 4.69) is 5.32 Å². The molecule has 2 aromatic carbocycles. The normalized spacial score (nSPS) is 10.2. The molecule has 0 spiro atoms. The number of halogens is 1. The fourth-order valence-corrected chi connectivity index (χ4v) is 1.86. The predicted molar refractivity (Wildman–Crippen MR) is 76.9 cm³/mol. The number of carbonyl (C=O) groups excluding carboxylic acids is 1. The molecule has 2 aromatic rings. The lowest BCUT2D eigenvalue weighted by atomic mass is 10.1. The summed E-state index contributed by atoms with van der Waals surface area (Å²) in [6.45, 7) is 0.417. The Labute approximate surface area is 121 Å². The van der Waals surface area contributed by atoms with Crippen LogP contribution in [0.2, 0.25) is 0 Å². The number of hydrogen-bond acceptors (Lipinski definition) is 4. The molecule has 110 valence electrons. The second kappa shape index (κ2) is 6.13. The first-order valence-electron chi connectivity index (χ1n) is 6.20. The van der Waals surface area contributed by atoms with Gasteiger partial charge >= 0.3 is 0 Å². The van der Waals surface area contributed by atoms with E-state index in [0.717, 1.165) is 5.56 Å². The monoisotopic (exact) mass is 290 g/mol. The Morgan fingerprint density at radius 3 is 2.76 bits per heavy atom. The maximum atomic E-state index is 13.4. The van der Waals surface area contributed by atoms with Crippen molar-refractivity contribution < 1.29 is 19.0 Å². The summed E-state index contributed by atoms with van der Waals surface area (Å²) >= 11 is 0. The first-order chi connectivity index (χ1) is 10.0. The Balaban J connectivity index is 2.13. The summed E-state index contributed by atoms with van der Waals surface area (Å²) in [6, 6.07) is 8.98. The minimum Gasteiger partial charge on any atom is -0.504 e. The van der Waals surface area contributed by atoms with Crippen molar-refractivity contribution >= 4 is 11.6 Å². The van der Waals surface area contributed by atoms with Gasteiger partial charge in [0, 0.05) is 12.2 Å². The fourth-order valence-electron chi connectivity index (χ4n) is 1.86. The van der Waals surface area contributed by atoms with Crippen LogP contribution in [0.25, 0.3) is 0 Å². The van der Waals surface area contributed by atoms with Crippen molar-refractivity contribution in [2.45, 2.75) is 6.54 Å². The van der Waals surface area contributed by atoms with E-state index in [-0.39, 0.29) is 11.3 Å². The van der Waals surface area contributed by atoms with Gasteiger partial charge in [0.25, 0.3) is 5.91 Å². The van der Waals surface area contributed by atoms with E-state index >= 15 is 0 Å². The van der Waals surface area contributed by atoms with Crippen LogP contribution in [0.3, 0.4) is 0 Å². The number of ether oxygens (including phenoxy) is 1. The second-order valence-electron chi connectivity index (χ2n) is 4.42. The summed E-state index contributed by atoms with van der Waals surface area (Å²) in [5, 5.41) is 12.6. The molecule has 6 heteroatoms. The molecule has 0 aliphatic carbocycles. The summed E-state index contributed by atoms with van der Waals surface area (Å²) < 4.78 is 18.4. The van der Waals surface area contributed by atoms with Crippen LogP contribution in [-0.2, 0) is 6.54 Å². The highest BCUT2D eigenvalue weighted by Crippen LogP contribution is 2.26. The molecule has 2 rings (SSSR count). The third-order valence-corrected chi connectivity index (χ3v) is 2.97. The lowest BCUT2D eigenvalue weighted by Gasteiger charge is -2.10. The Bertz CT molecular complexity index is 674. The number of phenols is 1. The molecule has 0 atom stereocenters. The molecule has 4 N–H and O–H groups in total. The molecule has 0 unspecified atom stereocenters. The molecule has 21 heavy (non-hydrogen) atoms. The fraction of sp³-hybridized carbons (Fsp3) is 0.133. The molecule has 0 heterocycles. The molecule has 0 saturated carbocycles. The van der Waals surface area contributed by atoms with Gasteiger partial charge in [0.1, 0.15) is 5.82 Å². The number of nitrogens with one attached hydrogen (secondary N) is 1. The van der Waals surface area contributed by atoms with Crippen LogP contribution in [0.4, 0.5) is 10.1 Å². The number of methoxy groups -OCH3 is 1. The Morgan fingerprint density at radius 2 is 2.10 bits per heavy atom. The summed E-state index contributed by atoms with van der Waals surface area (Å²) in [4.78, 5) is 11.1. The molecule has 0 radical (unpaired) electrons. The molecule has 1 amide bonds. The lowest BCUT2D eigenvalue weighted by molar-refractivity contribution is 0.0996. The molecular formula is C15H15FN2O3.